The first-order valence-electron chi connectivity index (χ1n) is 6.89. The number of aryl methyl sites for hydroxylation is 1. The summed E-state index contributed by atoms with van der Waals surface area (Å²) < 4.78 is 6.14. The van der Waals surface area contributed by atoms with E-state index in [0.29, 0.717) is 32.5 Å². The van der Waals surface area contributed by atoms with E-state index < -0.39 is 11.5 Å². The van der Waals surface area contributed by atoms with Crippen molar-refractivity contribution in [3.05, 3.63) is 34.3 Å². The number of hydrogen-bond acceptors (Lipinski definition) is 3. The second-order valence-corrected chi connectivity index (χ2v) is 5.99. The summed E-state index contributed by atoms with van der Waals surface area (Å²) in [6.07, 6.45) is 1.45. The number of carbonyl (C=O) groups is 2. The Kier molecular flexibility index (Phi) is 5.36. The molecule has 1 fully saturated rings. The van der Waals surface area contributed by atoms with Crippen LogP contribution in [0.3, 0.4) is 0 Å². The Morgan fingerprint density at radius 3 is 2.57 bits per heavy atom. The lowest BCUT2D eigenvalue weighted by atomic mass is 9.90. The van der Waals surface area contributed by atoms with E-state index in [1.54, 1.807) is 0 Å². The van der Waals surface area contributed by atoms with Gasteiger partial charge in [-0.2, -0.15) is 0 Å². The molecule has 0 aromatic heterocycles. The minimum Gasteiger partial charge on any atom is -0.480 e. The first kappa shape index (κ1) is 16.0. The molecule has 0 radical (unpaired) electrons. The molecule has 1 aromatic carbocycles. The van der Waals surface area contributed by atoms with Crippen molar-refractivity contribution in [1.82, 2.24) is 5.32 Å². The zero-order chi connectivity index (χ0) is 15.3. The summed E-state index contributed by atoms with van der Waals surface area (Å²) in [4.78, 5) is 23.5. The van der Waals surface area contributed by atoms with Crippen LogP contribution in [0.2, 0.25) is 0 Å². The molecule has 0 aliphatic carbocycles. The van der Waals surface area contributed by atoms with Crippen molar-refractivity contribution in [2.24, 2.45) is 0 Å². The highest BCUT2D eigenvalue weighted by atomic mass is 79.9. The predicted molar refractivity (Wildman–Crippen MR) is 81.0 cm³/mol. The minimum absolute atomic E-state index is 0.241. The molecule has 0 atom stereocenters. The van der Waals surface area contributed by atoms with Gasteiger partial charge >= 0.3 is 5.97 Å². The molecule has 1 aliphatic rings. The zero-order valence-electron chi connectivity index (χ0n) is 11.6. The van der Waals surface area contributed by atoms with Crippen molar-refractivity contribution in [2.75, 3.05) is 13.2 Å². The molecule has 1 saturated heterocycles. The van der Waals surface area contributed by atoms with Crippen molar-refractivity contribution >= 4 is 27.8 Å². The smallest absolute Gasteiger partial charge is 0.329 e. The number of nitrogens with one attached hydrogen (secondary N) is 1. The molecule has 1 aliphatic heterocycles. The van der Waals surface area contributed by atoms with Gasteiger partial charge in [0.1, 0.15) is 5.54 Å². The van der Waals surface area contributed by atoms with Crippen LogP contribution in [0.15, 0.2) is 28.7 Å². The summed E-state index contributed by atoms with van der Waals surface area (Å²) in [6.45, 7) is 0.716. The Balaban J connectivity index is 1.94. The molecule has 2 N–H and O–H groups in total. The van der Waals surface area contributed by atoms with Gasteiger partial charge in [0.05, 0.1) is 0 Å². The SMILES string of the molecule is O=C(CCc1ccccc1Br)NC1(C(=O)O)CCOCC1. The fraction of sp³-hybridized carbons (Fsp3) is 0.467. The number of amides is 1. The van der Waals surface area contributed by atoms with Crippen molar-refractivity contribution < 1.29 is 19.4 Å². The average molecular weight is 356 g/mol. The van der Waals surface area contributed by atoms with Gasteiger partial charge in [-0.1, -0.05) is 34.1 Å². The number of rotatable bonds is 5. The summed E-state index contributed by atoms with van der Waals surface area (Å²) in [7, 11) is 0. The summed E-state index contributed by atoms with van der Waals surface area (Å²) >= 11 is 3.44. The second kappa shape index (κ2) is 7.04. The van der Waals surface area contributed by atoms with Crippen molar-refractivity contribution in [3.63, 3.8) is 0 Å². The molecule has 21 heavy (non-hydrogen) atoms. The average Bonchev–Trinajstić information content (AvgIpc) is 2.47. The quantitative estimate of drug-likeness (QED) is 0.848. The Labute approximate surface area is 131 Å². The van der Waals surface area contributed by atoms with Gasteiger partial charge in [0.25, 0.3) is 0 Å². The van der Waals surface area contributed by atoms with Crippen LogP contribution in [0.25, 0.3) is 0 Å². The molecule has 0 saturated carbocycles. The first-order chi connectivity index (χ1) is 10.0. The van der Waals surface area contributed by atoms with Crippen LogP contribution in [-0.4, -0.2) is 35.7 Å². The van der Waals surface area contributed by atoms with Crippen LogP contribution < -0.4 is 5.32 Å². The molecule has 0 unspecified atom stereocenters. The Hall–Kier alpha value is -1.40. The minimum atomic E-state index is -1.18. The van der Waals surface area contributed by atoms with Gasteiger partial charge in [0.2, 0.25) is 5.91 Å². The molecule has 1 amide bonds. The number of benzene rings is 1. The van der Waals surface area contributed by atoms with E-state index in [1.807, 2.05) is 24.3 Å². The van der Waals surface area contributed by atoms with Gasteiger partial charge < -0.3 is 15.2 Å². The van der Waals surface area contributed by atoms with Gasteiger partial charge in [-0.25, -0.2) is 4.79 Å². The van der Waals surface area contributed by atoms with Crippen molar-refractivity contribution in [3.8, 4) is 0 Å². The van der Waals surface area contributed by atoms with Crippen LogP contribution in [0, 0.1) is 0 Å². The number of carboxylic acid groups (broad SMARTS) is 1. The third kappa shape index (κ3) is 4.04. The van der Waals surface area contributed by atoms with Crippen molar-refractivity contribution in [1.29, 1.82) is 0 Å². The van der Waals surface area contributed by atoms with E-state index in [2.05, 4.69) is 21.2 Å². The van der Waals surface area contributed by atoms with E-state index in [1.165, 1.54) is 0 Å². The molecule has 2 rings (SSSR count). The highest BCUT2D eigenvalue weighted by molar-refractivity contribution is 9.10. The van der Waals surface area contributed by atoms with Gasteiger partial charge in [-0.3, -0.25) is 4.79 Å². The Morgan fingerprint density at radius 1 is 1.29 bits per heavy atom. The van der Waals surface area contributed by atoms with Crippen LogP contribution in [-0.2, 0) is 20.7 Å². The number of halogens is 1. The lowest BCUT2D eigenvalue weighted by molar-refractivity contribution is -0.152. The topological polar surface area (TPSA) is 75.6 Å². The maximum absolute atomic E-state index is 12.1. The van der Waals surface area contributed by atoms with E-state index >= 15 is 0 Å². The van der Waals surface area contributed by atoms with Gasteiger partial charge in [-0.15, -0.1) is 0 Å². The van der Waals surface area contributed by atoms with Gasteiger partial charge in [0.15, 0.2) is 0 Å². The van der Waals surface area contributed by atoms with Crippen LogP contribution in [0.4, 0.5) is 0 Å². The maximum Gasteiger partial charge on any atom is 0.329 e. The van der Waals surface area contributed by atoms with Crippen molar-refractivity contribution in [2.45, 2.75) is 31.2 Å². The highest BCUT2D eigenvalue weighted by Crippen LogP contribution is 2.22. The van der Waals surface area contributed by atoms with Crippen LogP contribution in [0.5, 0.6) is 0 Å². The van der Waals surface area contributed by atoms with E-state index in [4.69, 9.17) is 4.74 Å². The third-order valence-corrected chi connectivity index (χ3v) is 4.49. The van der Waals surface area contributed by atoms with Crippen LogP contribution >= 0.6 is 15.9 Å². The molecule has 114 valence electrons. The summed E-state index contributed by atoms with van der Waals surface area (Å²) in [5.74, 6) is -1.23. The fourth-order valence-electron chi connectivity index (χ4n) is 2.39. The number of hydrogen-bond donors (Lipinski definition) is 2. The Morgan fingerprint density at radius 2 is 1.95 bits per heavy atom. The monoisotopic (exact) mass is 355 g/mol. The maximum atomic E-state index is 12.1. The van der Waals surface area contributed by atoms with Gasteiger partial charge in [0, 0.05) is 36.9 Å². The van der Waals surface area contributed by atoms with E-state index in [9.17, 15) is 14.7 Å². The number of carboxylic acids is 1. The lowest BCUT2D eigenvalue weighted by Crippen LogP contribution is -2.57. The second-order valence-electron chi connectivity index (χ2n) is 5.14. The lowest BCUT2D eigenvalue weighted by Gasteiger charge is -2.33. The molecule has 6 heteroatoms. The molecule has 1 aromatic rings. The largest absolute Gasteiger partial charge is 0.480 e. The number of ether oxygens (including phenoxy) is 1. The summed E-state index contributed by atoms with van der Waals surface area (Å²) in [5.41, 5.74) is -0.146. The Bertz CT molecular complexity index is 526. The van der Waals surface area contributed by atoms with Crippen LogP contribution in [0.1, 0.15) is 24.8 Å². The highest BCUT2D eigenvalue weighted by Gasteiger charge is 2.41. The van der Waals surface area contributed by atoms with E-state index in [-0.39, 0.29) is 12.3 Å². The zero-order valence-corrected chi connectivity index (χ0v) is 13.2. The molecular formula is C15H18BrNO4. The first-order valence-corrected chi connectivity index (χ1v) is 7.68. The predicted octanol–water partition coefficient (Wildman–Crippen LogP) is 2.13. The number of carbonyl (C=O) groups excluding carboxylic acids is 1. The number of aliphatic carboxylic acids is 1. The normalized spacial score (nSPS) is 17.2. The standard InChI is InChI=1S/C15H18BrNO4/c16-12-4-2-1-3-11(12)5-6-13(18)17-15(14(19)20)7-9-21-10-8-15/h1-4H,5-10H2,(H,17,18)(H,19,20). The summed E-state index contributed by atoms with van der Waals surface area (Å²) in [6, 6.07) is 7.69. The van der Waals surface area contributed by atoms with Gasteiger partial charge in [-0.05, 0) is 18.1 Å². The summed E-state index contributed by atoms with van der Waals surface area (Å²) in [5, 5.41) is 12.1. The molecule has 1 heterocycles. The fourth-order valence-corrected chi connectivity index (χ4v) is 2.87. The molecule has 5 nitrogen and oxygen atoms in total. The molecule has 0 bridgehead atoms. The third-order valence-electron chi connectivity index (χ3n) is 3.71. The molecule has 0 spiro atoms. The molecular weight excluding hydrogens is 338 g/mol. The van der Waals surface area contributed by atoms with E-state index in [0.717, 1.165) is 10.0 Å².